The van der Waals surface area contributed by atoms with E-state index < -0.39 is 0 Å². The molecule has 1 aliphatic carbocycles. The van der Waals surface area contributed by atoms with Crippen LogP contribution in [0.4, 0.5) is 0 Å². The molecule has 0 atom stereocenters. The van der Waals surface area contributed by atoms with Gasteiger partial charge >= 0.3 is 0 Å². The number of allylic oxidation sites excluding steroid dienone is 4. The fourth-order valence-electron chi connectivity index (χ4n) is 1.27. The van der Waals surface area contributed by atoms with Gasteiger partial charge in [0.25, 0.3) is 6.13 Å². The van der Waals surface area contributed by atoms with E-state index in [0.717, 1.165) is 12.7 Å². The summed E-state index contributed by atoms with van der Waals surface area (Å²) in [6, 6.07) is 5.72. The van der Waals surface area contributed by atoms with Crippen LogP contribution in [0.5, 0.6) is 0 Å². The van der Waals surface area contributed by atoms with Crippen LogP contribution in [0.3, 0.4) is 0 Å². The summed E-state index contributed by atoms with van der Waals surface area (Å²) in [5.74, 6) is 0. The van der Waals surface area contributed by atoms with Crippen LogP contribution in [0.15, 0.2) is 54.3 Å². The van der Waals surface area contributed by atoms with E-state index in [0.29, 0.717) is 0 Å². The summed E-state index contributed by atoms with van der Waals surface area (Å²) >= 11 is 5.96. The Morgan fingerprint density at radius 2 is 2.07 bits per heavy atom. The number of nitrogens with zero attached hydrogens (tertiary/aromatic N) is 1. The lowest BCUT2D eigenvalue weighted by Crippen LogP contribution is -2.03. The first kappa shape index (κ1) is 12.1. The predicted molar refractivity (Wildman–Crippen MR) is 68.2 cm³/mol. The van der Waals surface area contributed by atoms with Gasteiger partial charge < -0.3 is 0 Å². The van der Waals surface area contributed by atoms with Gasteiger partial charge in [-0.25, -0.2) is 0 Å². The monoisotopic (exact) mass is 219 g/mol. The smallest absolute Gasteiger partial charge is 0.265 e. The lowest BCUT2D eigenvalue weighted by atomic mass is 9.65. The van der Waals surface area contributed by atoms with Crippen molar-refractivity contribution in [2.75, 3.05) is 0 Å². The normalized spacial score (nSPS) is 12.8. The van der Waals surface area contributed by atoms with Crippen molar-refractivity contribution in [3.63, 3.8) is 0 Å². The SMILES string of the molecule is CCB(Cl)C1=CC=CC1.c1ccncc1. The highest BCUT2D eigenvalue weighted by atomic mass is 35.5. The van der Waals surface area contributed by atoms with E-state index in [-0.39, 0.29) is 6.13 Å². The Hall–Kier alpha value is -1.02. The van der Waals surface area contributed by atoms with Gasteiger partial charge in [-0.3, -0.25) is 4.98 Å². The first-order valence-electron chi connectivity index (χ1n) is 5.19. The van der Waals surface area contributed by atoms with Gasteiger partial charge in [0.1, 0.15) is 0 Å². The summed E-state index contributed by atoms with van der Waals surface area (Å²) in [7, 11) is 0. The van der Waals surface area contributed by atoms with Crippen molar-refractivity contribution in [2.45, 2.75) is 19.7 Å². The van der Waals surface area contributed by atoms with E-state index in [2.05, 4.69) is 30.1 Å². The zero-order valence-corrected chi connectivity index (χ0v) is 9.69. The van der Waals surface area contributed by atoms with Crippen LogP contribution < -0.4 is 0 Å². The van der Waals surface area contributed by atoms with Gasteiger partial charge in [-0.15, -0.1) is 0 Å². The summed E-state index contributed by atoms with van der Waals surface area (Å²) in [5, 5.41) is 0. The largest absolute Gasteiger partial charge is 0.279 e. The molecule has 1 heterocycles. The molecule has 1 aliphatic rings. The summed E-state index contributed by atoms with van der Waals surface area (Å²) in [4.78, 5) is 3.78. The minimum absolute atomic E-state index is 0.264. The number of rotatable bonds is 2. The molecule has 2 rings (SSSR count). The predicted octanol–water partition coefficient (Wildman–Crippen LogP) is 3.74. The molecule has 0 amide bonds. The summed E-state index contributed by atoms with van der Waals surface area (Å²) in [6.45, 7) is 2.11. The van der Waals surface area contributed by atoms with Gasteiger partial charge in [-0.2, -0.15) is 11.5 Å². The number of aromatic nitrogens is 1. The minimum Gasteiger partial charge on any atom is -0.265 e. The molecule has 0 fully saturated rings. The van der Waals surface area contributed by atoms with Crippen LogP contribution in [0, 0.1) is 0 Å². The summed E-state index contributed by atoms with van der Waals surface area (Å²) in [6.07, 6.45) is 12.2. The van der Waals surface area contributed by atoms with E-state index in [1.54, 1.807) is 12.4 Å². The Kier molecular flexibility index (Phi) is 5.87. The van der Waals surface area contributed by atoms with Crippen molar-refractivity contribution in [1.82, 2.24) is 4.98 Å². The van der Waals surface area contributed by atoms with Gasteiger partial charge in [0.15, 0.2) is 0 Å². The maximum atomic E-state index is 5.96. The number of halogens is 1. The lowest BCUT2D eigenvalue weighted by molar-refractivity contribution is 1.33. The van der Waals surface area contributed by atoms with Crippen molar-refractivity contribution in [3.05, 3.63) is 54.3 Å². The van der Waals surface area contributed by atoms with Crippen LogP contribution in [0.1, 0.15) is 13.3 Å². The lowest BCUT2D eigenvalue weighted by Gasteiger charge is -2.00. The van der Waals surface area contributed by atoms with E-state index in [1.165, 1.54) is 5.47 Å². The summed E-state index contributed by atoms with van der Waals surface area (Å²) in [5.41, 5.74) is 1.36. The molecule has 15 heavy (non-hydrogen) atoms. The van der Waals surface area contributed by atoms with Crippen LogP contribution in [0.25, 0.3) is 0 Å². The summed E-state index contributed by atoms with van der Waals surface area (Å²) < 4.78 is 0. The second-order valence-electron chi connectivity index (χ2n) is 3.27. The first-order chi connectivity index (χ1) is 7.34. The first-order valence-corrected chi connectivity index (χ1v) is 5.63. The third-order valence-electron chi connectivity index (χ3n) is 2.13. The van der Waals surface area contributed by atoms with Crippen LogP contribution >= 0.6 is 11.5 Å². The maximum absolute atomic E-state index is 5.96. The Morgan fingerprint density at radius 1 is 1.33 bits per heavy atom. The Bertz CT molecular complexity index is 295. The zero-order chi connectivity index (χ0) is 10.9. The standard InChI is InChI=1S/C7H10BCl.C5H5N/c1-2-8(9)7-5-3-4-6-7;1-2-4-6-5-3-1/h3-5H,2,6H2,1H3;1-5H. The third kappa shape index (κ3) is 4.84. The molecule has 0 N–H and O–H groups in total. The van der Waals surface area contributed by atoms with Gasteiger partial charge in [-0.05, 0) is 18.6 Å². The highest BCUT2D eigenvalue weighted by molar-refractivity contribution is 7.11. The van der Waals surface area contributed by atoms with Gasteiger partial charge in [0.2, 0.25) is 0 Å². The Morgan fingerprint density at radius 3 is 2.40 bits per heavy atom. The van der Waals surface area contributed by atoms with Crippen molar-refractivity contribution in [1.29, 1.82) is 0 Å². The Balaban J connectivity index is 0.000000162. The zero-order valence-electron chi connectivity index (χ0n) is 8.94. The number of hydrogen-bond donors (Lipinski definition) is 0. The molecule has 3 heteroatoms. The fourth-order valence-corrected chi connectivity index (χ4v) is 1.43. The molecular weight excluding hydrogens is 204 g/mol. The topological polar surface area (TPSA) is 12.9 Å². The second kappa shape index (κ2) is 7.30. The highest BCUT2D eigenvalue weighted by Gasteiger charge is 2.13. The number of hydrogen-bond acceptors (Lipinski definition) is 1. The minimum atomic E-state index is 0.264. The van der Waals surface area contributed by atoms with Crippen LogP contribution in [0.2, 0.25) is 6.32 Å². The number of pyridine rings is 1. The molecule has 0 aliphatic heterocycles. The third-order valence-corrected chi connectivity index (χ3v) is 2.72. The highest BCUT2D eigenvalue weighted by Crippen LogP contribution is 2.18. The molecule has 0 aromatic carbocycles. The molecule has 0 unspecified atom stereocenters. The molecule has 0 radical (unpaired) electrons. The van der Waals surface area contributed by atoms with E-state index in [1.807, 2.05) is 18.2 Å². The molecule has 0 bridgehead atoms. The molecule has 0 saturated heterocycles. The Labute approximate surface area is 96.9 Å². The van der Waals surface area contributed by atoms with Crippen LogP contribution in [-0.2, 0) is 0 Å². The molecule has 78 valence electrons. The van der Waals surface area contributed by atoms with Crippen molar-refractivity contribution >= 4 is 17.6 Å². The van der Waals surface area contributed by atoms with Gasteiger partial charge in [0, 0.05) is 12.4 Å². The van der Waals surface area contributed by atoms with E-state index >= 15 is 0 Å². The molecule has 1 aromatic heterocycles. The molecule has 1 nitrogen and oxygen atoms in total. The van der Waals surface area contributed by atoms with Crippen molar-refractivity contribution < 1.29 is 0 Å². The van der Waals surface area contributed by atoms with Crippen molar-refractivity contribution in [3.8, 4) is 0 Å². The average molecular weight is 220 g/mol. The van der Waals surface area contributed by atoms with Gasteiger partial charge in [-0.1, -0.05) is 43.0 Å². The van der Waals surface area contributed by atoms with Gasteiger partial charge in [0.05, 0.1) is 0 Å². The van der Waals surface area contributed by atoms with E-state index in [9.17, 15) is 0 Å². The van der Waals surface area contributed by atoms with Crippen molar-refractivity contribution in [2.24, 2.45) is 0 Å². The van der Waals surface area contributed by atoms with E-state index in [4.69, 9.17) is 11.5 Å². The average Bonchev–Trinajstić information content (AvgIpc) is 2.85. The molecule has 0 saturated carbocycles. The molecule has 0 spiro atoms. The maximum Gasteiger partial charge on any atom is 0.279 e. The second-order valence-corrected chi connectivity index (χ2v) is 3.80. The fraction of sp³-hybridized carbons (Fsp3) is 0.250. The molecular formula is C12H15BClN. The van der Waals surface area contributed by atoms with Crippen LogP contribution in [-0.4, -0.2) is 11.1 Å². The molecule has 1 aromatic rings. The quantitative estimate of drug-likeness (QED) is 0.691.